The molecule has 2 rings (SSSR count). The van der Waals surface area contributed by atoms with Gasteiger partial charge in [0.25, 0.3) is 5.91 Å². The number of aromatic nitrogens is 1. The van der Waals surface area contributed by atoms with Crippen molar-refractivity contribution in [2.45, 2.75) is 58.8 Å². The molecule has 1 unspecified atom stereocenters. The van der Waals surface area contributed by atoms with E-state index >= 15 is 0 Å². The smallest absolute Gasteiger partial charge is 0.338 e. The Morgan fingerprint density at radius 1 is 0.971 bits per heavy atom. The molecule has 0 saturated heterocycles. The van der Waals surface area contributed by atoms with Crippen molar-refractivity contribution in [2.75, 3.05) is 13.7 Å². The number of carbonyl (C=O) groups is 3. The fraction of sp³-hybridized carbons (Fsp3) is 0.440. The molecule has 0 fully saturated rings. The molecular weight excluding hydrogens is 440 g/mol. The molecule has 34 heavy (non-hydrogen) atoms. The Morgan fingerprint density at radius 2 is 1.68 bits per heavy atom. The fourth-order valence-corrected chi connectivity index (χ4v) is 2.61. The van der Waals surface area contributed by atoms with Crippen molar-refractivity contribution < 1.29 is 33.3 Å². The minimum Gasteiger partial charge on any atom is -0.467 e. The molecule has 1 amide bonds. The van der Waals surface area contributed by atoms with E-state index in [1.54, 1.807) is 45.0 Å². The predicted molar refractivity (Wildman–Crippen MR) is 125 cm³/mol. The zero-order valence-electron chi connectivity index (χ0n) is 20.6. The van der Waals surface area contributed by atoms with Crippen molar-refractivity contribution in [1.29, 1.82) is 0 Å². The highest BCUT2D eigenvalue weighted by Gasteiger charge is 2.25. The van der Waals surface area contributed by atoms with Gasteiger partial charge in [-0.15, -0.1) is 0 Å². The van der Waals surface area contributed by atoms with Gasteiger partial charge in [0.2, 0.25) is 5.88 Å². The average molecular weight is 473 g/mol. The van der Waals surface area contributed by atoms with Crippen LogP contribution in [0.15, 0.2) is 42.6 Å². The Labute approximate surface area is 199 Å². The fourth-order valence-electron chi connectivity index (χ4n) is 2.61. The molecule has 0 radical (unpaired) electrons. The second-order valence-electron chi connectivity index (χ2n) is 9.49. The van der Waals surface area contributed by atoms with E-state index in [1.807, 2.05) is 20.8 Å². The summed E-state index contributed by atoms with van der Waals surface area (Å²) in [4.78, 5) is 41.0. The summed E-state index contributed by atoms with van der Waals surface area (Å²) in [6.45, 7) is 10.9. The highest BCUT2D eigenvalue weighted by molar-refractivity contribution is 5.96. The van der Waals surface area contributed by atoms with Crippen molar-refractivity contribution >= 4 is 17.8 Å². The largest absolute Gasteiger partial charge is 0.467 e. The first-order chi connectivity index (χ1) is 15.8. The van der Waals surface area contributed by atoms with Crippen LogP contribution in [-0.2, 0) is 19.0 Å². The van der Waals surface area contributed by atoms with E-state index in [0.29, 0.717) is 11.3 Å². The lowest BCUT2D eigenvalue weighted by Crippen LogP contribution is -2.46. The van der Waals surface area contributed by atoms with Crippen LogP contribution in [0, 0.1) is 0 Å². The summed E-state index contributed by atoms with van der Waals surface area (Å²) in [5.41, 5.74) is -0.537. The first-order valence-electron chi connectivity index (χ1n) is 10.8. The van der Waals surface area contributed by atoms with Crippen LogP contribution in [0.4, 0.5) is 0 Å². The third-order valence-electron chi connectivity index (χ3n) is 4.16. The van der Waals surface area contributed by atoms with Gasteiger partial charge in [-0.2, -0.15) is 0 Å². The van der Waals surface area contributed by atoms with Crippen LogP contribution in [0.25, 0.3) is 0 Å². The van der Waals surface area contributed by atoms with Gasteiger partial charge in [-0.1, -0.05) is 6.07 Å². The number of pyridine rings is 1. The van der Waals surface area contributed by atoms with Gasteiger partial charge in [0.15, 0.2) is 6.04 Å². The Morgan fingerprint density at radius 3 is 2.24 bits per heavy atom. The number of carbonyl (C=O) groups excluding carboxylic acids is 3. The summed E-state index contributed by atoms with van der Waals surface area (Å²) >= 11 is 0. The predicted octanol–water partition coefficient (Wildman–Crippen LogP) is 3.92. The lowest BCUT2D eigenvalue weighted by molar-refractivity contribution is -0.146. The quantitative estimate of drug-likeness (QED) is 0.575. The summed E-state index contributed by atoms with van der Waals surface area (Å²) in [6.07, 6.45) is 1.32. The third kappa shape index (κ3) is 8.82. The highest BCUT2D eigenvalue weighted by atomic mass is 16.6. The molecule has 0 saturated carbocycles. The monoisotopic (exact) mass is 472 g/mol. The second-order valence-corrected chi connectivity index (χ2v) is 9.49. The van der Waals surface area contributed by atoms with Crippen LogP contribution in [0.1, 0.15) is 62.3 Å². The molecule has 9 heteroatoms. The Hall–Kier alpha value is -3.46. The topological polar surface area (TPSA) is 113 Å². The van der Waals surface area contributed by atoms with Gasteiger partial charge in [-0.3, -0.25) is 4.79 Å². The van der Waals surface area contributed by atoms with Crippen LogP contribution in [0.5, 0.6) is 11.6 Å². The number of hydrogen-bond acceptors (Lipinski definition) is 8. The van der Waals surface area contributed by atoms with E-state index in [9.17, 15) is 14.4 Å². The summed E-state index contributed by atoms with van der Waals surface area (Å²) in [5, 5.41) is 2.59. The van der Waals surface area contributed by atoms with E-state index in [0.717, 1.165) is 0 Å². The van der Waals surface area contributed by atoms with Gasteiger partial charge in [-0.25, -0.2) is 14.6 Å². The number of ether oxygens (including phenoxy) is 4. The third-order valence-corrected chi connectivity index (χ3v) is 4.16. The number of benzene rings is 1. The molecule has 9 nitrogen and oxygen atoms in total. The number of esters is 2. The molecule has 1 aromatic carbocycles. The van der Waals surface area contributed by atoms with Crippen molar-refractivity contribution in [3.05, 3.63) is 53.7 Å². The van der Waals surface area contributed by atoms with Crippen molar-refractivity contribution in [2.24, 2.45) is 0 Å². The molecule has 0 bridgehead atoms. The molecule has 0 aliphatic heterocycles. The maximum absolute atomic E-state index is 12.6. The number of nitrogens with one attached hydrogen (secondary N) is 1. The van der Waals surface area contributed by atoms with Crippen LogP contribution < -0.4 is 10.1 Å². The summed E-state index contributed by atoms with van der Waals surface area (Å²) < 4.78 is 21.4. The molecule has 1 atom stereocenters. The number of rotatable bonds is 8. The number of amides is 1. The molecule has 1 aromatic heterocycles. The highest BCUT2D eigenvalue weighted by Crippen LogP contribution is 2.22. The lowest BCUT2D eigenvalue weighted by Gasteiger charge is -2.23. The van der Waals surface area contributed by atoms with Crippen LogP contribution >= 0.6 is 0 Å². The maximum Gasteiger partial charge on any atom is 0.338 e. The number of methoxy groups -OCH3 is 1. The Kier molecular flexibility index (Phi) is 8.75. The summed E-state index contributed by atoms with van der Waals surface area (Å²) in [5.74, 6) is -0.987. The van der Waals surface area contributed by atoms with Gasteiger partial charge in [0.1, 0.15) is 11.4 Å². The number of hydrogen-bond donors (Lipinski definition) is 1. The molecule has 0 aliphatic rings. The zero-order chi connectivity index (χ0) is 25.5. The van der Waals surface area contributed by atoms with Crippen LogP contribution in [0.2, 0.25) is 0 Å². The van der Waals surface area contributed by atoms with Crippen molar-refractivity contribution in [3.63, 3.8) is 0 Å². The SMILES string of the molecule is COC(=O)C(COC(C)(C)C)NC(=O)c1ccc(Oc2cccc(C(=O)OC(C)(C)C)c2)nc1. The van der Waals surface area contributed by atoms with Gasteiger partial charge in [0.05, 0.1) is 30.4 Å². The van der Waals surface area contributed by atoms with Crippen LogP contribution in [0.3, 0.4) is 0 Å². The minimum absolute atomic E-state index is 0.0372. The van der Waals surface area contributed by atoms with E-state index in [2.05, 4.69) is 10.3 Å². The molecule has 184 valence electrons. The van der Waals surface area contributed by atoms with Gasteiger partial charge in [0, 0.05) is 12.3 Å². The van der Waals surface area contributed by atoms with E-state index in [4.69, 9.17) is 18.9 Å². The minimum atomic E-state index is -0.969. The van der Waals surface area contributed by atoms with Crippen LogP contribution in [-0.4, -0.2) is 53.8 Å². The van der Waals surface area contributed by atoms with Crippen molar-refractivity contribution in [3.8, 4) is 11.6 Å². The molecule has 0 spiro atoms. The molecule has 2 aromatic rings. The lowest BCUT2D eigenvalue weighted by atomic mass is 10.1. The van der Waals surface area contributed by atoms with E-state index in [-0.39, 0.29) is 18.1 Å². The van der Waals surface area contributed by atoms with Gasteiger partial charge < -0.3 is 24.3 Å². The van der Waals surface area contributed by atoms with E-state index < -0.39 is 35.1 Å². The van der Waals surface area contributed by atoms with Gasteiger partial charge >= 0.3 is 11.9 Å². The number of nitrogens with zero attached hydrogens (tertiary/aromatic N) is 1. The molecular formula is C25H32N2O7. The maximum atomic E-state index is 12.6. The normalized spacial score (nSPS) is 12.4. The second kappa shape index (κ2) is 11.1. The first kappa shape index (κ1) is 26.8. The summed E-state index contributed by atoms with van der Waals surface area (Å²) in [6, 6.07) is 8.57. The molecule has 1 heterocycles. The average Bonchev–Trinajstić information content (AvgIpc) is 2.75. The zero-order valence-corrected chi connectivity index (χ0v) is 20.6. The molecule has 1 N–H and O–H groups in total. The standard InChI is InChI=1S/C25H32N2O7/c1-24(2,3)32-15-19(23(30)31-7)27-21(28)17-11-12-20(26-14-17)33-18-10-8-9-16(13-18)22(29)34-25(4,5)6/h8-14,19H,15H2,1-7H3,(H,27,28). The molecule has 0 aliphatic carbocycles. The Balaban J connectivity index is 2.05. The summed E-state index contributed by atoms with van der Waals surface area (Å²) in [7, 11) is 1.24. The Bertz CT molecular complexity index is 1010. The van der Waals surface area contributed by atoms with Crippen molar-refractivity contribution in [1.82, 2.24) is 10.3 Å². The first-order valence-corrected chi connectivity index (χ1v) is 10.8. The van der Waals surface area contributed by atoms with E-state index in [1.165, 1.54) is 25.4 Å². The van der Waals surface area contributed by atoms with Gasteiger partial charge in [-0.05, 0) is 65.8 Å².